The Labute approximate surface area is 173 Å². The molecule has 5 rings (SSSR count). The van der Waals surface area contributed by atoms with Gasteiger partial charge in [0.05, 0.1) is 24.8 Å². The minimum Gasteiger partial charge on any atom is -0.379 e. The van der Waals surface area contributed by atoms with Crippen LogP contribution in [0.4, 0.5) is 0 Å². The Balaban J connectivity index is 1.32. The van der Waals surface area contributed by atoms with Gasteiger partial charge in [-0.05, 0) is 36.2 Å². The van der Waals surface area contributed by atoms with Crippen LogP contribution < -0.4 is 5.32 Å². The monoisotopic (exact) mass is 400 g/mol. The van der Waals surface area contributed by atoms with Crippen molar-refractivity contribution in [3.8, 4) is 5.82 Å². The molecule has 0 radical (unpaired) electrons. The van der Waals surface area contributed by atoms with E-state index in [0.717, 1.165) is 17.3 Å². The van der Waals surface area contributed by atoms with Gasteiger partial charge in [0.2, 0.25) is 0 Å². The minimum absolute atomic E-state index is 0.0593. The van der Waals surface area contributed by atoms with Crippen LogP contribution in [-0.2, 0) is 11.2 Å². The van der Waals surface area contributed by atoms with Gasteiger partial charge in [0.25, 0.3) is 5.91 Å². The maximum atomic E-state index is 12.9. The van der Waals surface area contributed by atoms with E-state index in [2.05, 4.69) is 31.5 Å². The van der Waals surface area contributed by atoms with E-state index < -0.39 is 0 Å². The maximum Gasteiger partial charge on any atom is 0.251 e. The van der Waals surface area contributed by atoms with Gasteiger partial charge >= 0.3 is 0 Å². The minimum atomic E-state index is -0.146. The number of nitrogens with one attached hydrogen (secondary N) is 1. The quantitative estimate of drug-likeness (QED) is 0.552. The first-order valence-corrected chi connectivity index (χ1v) is 9.80. The lowest BCUT2D eigenvalue weighted by Gasteiger charge is -2.20. The predicted octanol–water partition coefficient (Wildman–Crippen LogP) is 2.20. The van der Waals surface area contributed by atoms with E-state index in [1.165, 1.54) is 5.56 Å². The second-order valence-corrected chi connectivity index (χ2v) is 7.34. The number of nitrogens with zero attached hydrogens (tertiary/aromatic N) is 5. The van der Waals surface area contributed by atoms with Crippen LogP contribution in [0, 0.1) is 5.92 Å². The number of rotatable bonds is 5. The third-order valence-electron chi connectivity index (χ3n) is 5.43. The summed E-state index contributed by atoms with van der Waals surface area (Å²) in [5.74, 6) is 0.640. The van der Waals surface area contributed by atoms with E-state index in [1.807, 2.05) is 30.5 Å². The number of para-hydroxylation sites is 1. The van der Waals surface area contributed by atoms with Gasteiger partial charge in [-0.15, -0.1) is 10.2 Å². The zero-order chi connectivity index (χ0) is 20.3. The lowest BCUT2D eigenvalue weighted by molar-refractivity contribution is 0.0925. The van der Waals surface area contributed by atoms with Crippen LogP contribution in [0.2, 0.25) is 0 Å². The number of benzene rings is 1. The lowest BCUT2D eigenvalue weighted by Crippen LogP contribution is -2.40. The highest BCUT2D eigenvalue weighted by atomic mass is 16.5. The smallest absolute Gasteiger partial charge is 0.251 e. The van der Waals surface area contributed by atoms with Crippen LogP contribution in [-0.4, -0.2) is 49.9 Å². The molecule has 30 heavy (non-hydrogen) atoms. The van der Waals surface area contributed by atoms with Crippen molar-refractivity contribution >= 4 is 16.8 Å². The summed E-state index contributed by atoms with van der Waals surface area (Å²) >= 11 is 0. The summed E-state index contributed by atoms with van der Waals surface area (Å²) in [5, 5.41) is 11.8. The van der Waals surface area contributed by atoms with Gasteiger partial charge in [-0.25, -0.2) is 4.98 Å². The number of hydrogen-bond acceptors (Lipinski definition) is 6. The Morgan fingerprint density at radius 1 is 1.07 bits per heavy atom. The lowest BCUT2D eigenvalue weighted by atomic mass is 9.93. The van der Waals surface area contributed by atoms with Gasteiger partial charge in [-0.1, -0.05) is 18.2 Å². The second kappa shape index (κ2) is 8.00. The van der Waals surface area contributed by atoms with Gasteiger partial charge in [0.1, 0.15) is 18.5 Å². The summed E-state index contributed by atoms with van der Waals surface area (Å²) in [6.45, 7) is 1.12. The summed E-state index contributed by atoms with van der Waals surface area (Å²) in [5.41, 5.74) is 2.73. The fourth-order valence-corrected chi connectivity index (χ4v) is 3.85. The standard InChI is InChI=1S/C22H20N6O2/c29-22(16-6-8-24-21(10-16)28-13-25-26-14-28)27-20-12-30-11-17(20)9-15-5-7-23-19-4-2-1-3-18(15)19/h1-8,10,13-14,17,20H,9,11-12H2,(H,27,29)/t17-,20+/m1/s1. The highest BCUT2D eigenvalue weighted by Crippen LogP contribution is 2.24. The Morgan fingerprint density at radius 2 is 1.90 bits per heavy atom. The molecule has 4 aromatic rings. The summed E-state index contributed by atoms with van der Waals surface area (Å²) in [6.07, 6.45) is 7.35. The second-order valence-electron chi connectivity index (χ2n) is 7.34. The van der Waals surface area contributed by atoms with Gasteiger partial charge in [0.15, 0.2) is 0 Å². The molecule has 1 aromatic carbocycles. The highest BCUT2D eigenvalue weighted by molar-refractivity contribution is 5.94. The molecule has 1 N–H and O–H groups in total. The number of fused-ring (bicyclic) bond motifs is 1. The molecular formula is C22H20N6O2. The number of amides is 1. The molecule has 4 heterocycles. The fraction of sp³-hybridized carbons (Fsp3) is 0.227. The van der Waals surface area contributed by atoms with Crippen molar-refractivity contribution in [3.63, 3.8) is 0 Å². The van der Waals surface area contributed by atoms with Crippen molar-refractivity contribution in [2.75, 3.05) is 13.2 Å². The summed E-state index contributed by atoms with van der Waals surface area (Å²) in [6, 6.07) is 13.5. The molecule has 0 unspecified atom stereocenters. The van der Waals surface area contributed by atoms with E-state index in [-0.39, 0.29) is 17.9 Å². The molecule has 0 spiro atoms. The largest absolute Gasteiger partial charge is 0.379 e. The number of hydrogen-bond donors (Lipinski definition) is 1. The number of aromatic nitrogens is 5. The van der Waals surface area contributed by atoms with Gasteiger partial charge < -0.3 is 10.1 Å². The number of carbonyl (C=O) groups is 1. The van der Waals surface area contributed by atoms with Gasteiger partial charge in [0, 0.05) is 29.3 Å². The molecule has 3 aromatic heterocycles. The Hall–Kier alpha value is -3.65. The predicted molar refractivity (Wildman–Crippen MR) is 110 cm³/mol. The first-order chi connectivity index (χ1) is 14.8. The van der Waals surface area contributed by atoms with Crippen LogP contribution in [0.25, 0.3) is 16.7 Å². The molecule has 150 valence electrons. The van der Waals surface area contributed by atoms with Crippen LogP contribution in [0.1, 0.15) is 15.9 Å². The first kappa shape index (κ1) is 18.4. The molecule has 1 saturated heterocycles. The average Bonchev–Trinajstić information content (AvgIpc) is 3.47. The van der Waals surface area contributed by atoms with E-state index in [9.17, 15) is 4.79 Å². The average molecular weight is 400 g/mol. The summed E-state index contributed by atoms with van der Waals surface area (Å²) in [7, 11) is 0. The molecule has 1 aliphatic heterocycles. The topological polar surface area (TPSA) is 94.8 Å². The molecule has 0 aliphatic carbocycles. The summed E-state index contributed by atoms with van der Waals surface area (Å²) < 4.78 is 7.37. The third kappa shape index (κ3) is 3.65. The number of carbonyl (C=O) groups excluding carboxylic acids is 1. The number of pyridine rings is 2. The van der Waals surface area contributed by atoms with Crippen molar-refractivity contribution in [1.82, 2.24) is 30.0 Å². The summed E-state index contributed by atoms with van der Waals surface area (Å²) in [4.78, 5) is 21.6. The molecule has 1 fully saturated rings. The molecule has 8 nitrogen and oxygen atoms in total. The maximum absolute atomic E-state index is 12.9. The molecule has 8 heteroatoms. The van der Waals surface area contributed by atoms with Crippen LogP contribution in [0.15, 0.2) is 67.5 Å². The van der Waals surface area contributed by atoms with Gasteiger partial charge in [-0.3, -0.25) is 14.3 Å². The Morgan fingerprint density at radius 3 is 2.80 bits per heavy atom. The van der Waals surface area contributed by atoms with E-state index in [1.54, 1.807) is 35.6 Å². The van der Waals surface area contributed by atoms with E-state index in [0.29, 0.717) is 24.6 Å². The van der Waals surface area contributed by atoms with Crippen molar-refractivity contribution in [2.24, 2.45) is 5.92 Å². The van der Waals surface area contributed by atoms with Crippen molar-refractivity contribution in [3.05, 3.63) is 78.6 Å². The highest BCUT2D eigenvalue weighted by Gasteiger charge is 2.30. The molecule has 0 saturated carbocycles. The van der Waals surface area contributed by atoms with Crippen LogP contribution in [0.3, 0.4) is 0 Å². The van der Waals surface area contributed by atoms with Crippen molar-refractivity contribution in [2.45, 2.75) is 12.5 Å². The normalized spacial score (nSPS) is 18.5. The molecule has 1 amide bonds. The van der Waals surface area contributed by atoms with Crippen molar-refractivity contribution in [1.29, 1.82) is 0 Å². The van der Waals surface area contributed by atoms with Crippen LogP contribution >= 0.6 is 0 Å². The fourth-order valence-electron chi connectivity index (χ4n) is 3.85. The van der Waals surface area contributed by atoms with Gasteiger partial charge in [-0.2, -0.15) is 0 Å². The van der Waals surface area contributed by atoms with Crippen molar-refractivity contribution < 1.29 is 9.53 Å². The Bertz CT molecular complexity index is 1170. The third-order valence-corrected chi connectivity index (χ3v) is 5.43. The first-order valence-electron chi connectivity index (χ1n) is 9.80. The molecular weight excluding hydrogens is 380 g/mol. The number of ether oxygens (including phenoxy) is 1. The van der Waals surface area contributed by atoms with Crippen LogP contribution in [0.5, 0.6) is 0 Å². The molecule has 0 bridgehead atoms. The Kier molecular flexibility index (Phi) is 4.90. The molecule has 1 aliphatic rings. The zero-order valence-electron chi connectivity index (χ0n) is 16.2. The van der Waals surface area contributed by atoms with E-state index >= 15 is 0 Å². The van der Waals surface area contributed by atoms with E-state index in [4.69, 9.17) is 4.74 Å². The zero-order valence-corrected chi connectivity index (χ0v) is 16.2. The molecule has 2 atom stereocenters. The SMILES string of the molecule is O=C(N[C@H]1COC[C@H]1Cc1ccnc2ccccc12)c1ccnc(-n2cnnc2)c1.